The summed E-state index contributed by atoms with van der Waals surface area (Å²) in [4.78, 5) is 0. The van der Waals surface area contributed by atoms with Gasteiger partial charge in [-0.15, -0.1) is 0 Å². The van der Waals surface area contributed by atoms with Gasteiger partial charge in [-0.3, -0.25) is 0 Å². The Morgan fingerprint density at radius 3 is 2.40 bits per heavy atom. The first kappa shape index (κ1) is 12.6. The first-order valence-electron chi connectivity index (χ1n) is 4.03. The van der Waals surface area contributed by atoms with Gasteiger partial charge in [0, 0.05) is 10.1 Å². The van der Waals surface area contributed by atoms with E-state index in [0.29, 0.717) is 5.56 Å². The standard InChI is InChI=1S/C9H9F3INO/c1-15-7-3-5(4-14)2-6(13)8(7)9(10,11)12/h2-3H,4,14H2,1H3. The Hall–Kier alpha value is -0.500. The topological polar surface area (TPSA) is 35.2 Å². The van der Waals surface area contributed by atoms with Crippen molar-refractivity contribution in [2.75, 3.05) is 7.11 Å². The molecule has 2 N–H and O–H groups in total. The number of nitrogens with two attached hydrogens (primary N) is 1. The van der Waals surface area contributed by atoms with Crippen molar-refractivity contribution in [1.29, 1.82) is 0 Å². The Balaban J connectivity index is 3.38. The molecular weight excluding hydrogens is 322 g/mol. The van der Waals surface area contributed by atoms with Crippen molar-refractivity contribution in [2.24, 2.45) is 5.73 Å². The van der Waals surface area contributed by atoms with Crippen LogP contribution in [0.3, 0.4) is 0 Å². The van der Waals surface area contributed by atoms with E-state index in [2.05, 4.69) is 0 Å². The molecule has 0 aromatic heterocycles. The Kier molecular flexibility index (Phi) is 3.82. The molecule has 0 aliphatic heterocycles. The van der Waals surface area contributed by atoms with Crippen molar-refractivity contribution in [3.63, 3.8) is 0 Å². The van der Waals surface area contributed by atoms with E-state index in [1.807, 2.05) is 0 Å². The van der Waals surface area contributed by atoms with Gasteiger partial charge < -0.3 is 10.5 Å². The highest BCUT2D eigenvalue weighted by Gasteiger charge is 2.36. The number of hydrogen-bond donors (Lipinski definition) is 1. The summed E-state index contributed by atoms with van der Waals surface area (Å²) in [5.41, 5.74) is 5.23. The zero-order chi connectivity index (χ0) is 11.6. The maximum atomic E-state index is 12.6. The van der Waals surface area contributed by atoms with Crippen molar-refractivity contribution in [3.8, 4) is 5.75 Å². The highest BCUT2D eigenvalue weighted by atomic mass is 127. The largest absolute Gasteiger partial charge is 0.496 e. The normalized spacial score (nSPS) is 11.6. The second-order valence-corrected chi connectivity index (χ2v) is 4.02. The molecule has 0 heterocycles. The van der Waals surface area contributed by atoms with Gasteiger partial charge in [0.2, 0.25) is 0 Å². The molecule has 0 saturated carbocycles. The van der Waals surface area contributed by atoms with Gasteiger partial charge in [0.25, 0.3) is 0 Å². The number of methoxy groups -OCH3 is 1. The average Bonchev–Trinajstić information content (AvgIpc) is 2.14. The lowest BCUT2D eigenvalue weighted by atomic mass is 10.1. The first-order valence-corrected chi connectivity index (χ1v) is 5.11. The molecule has 0 bridgehead atoms. The lowest BCUT2D eigenvalue weighted by Gasteiger charge is -2.15. The first-order chi connectivity index (χ1) is 6.90. The quantitative estimate of drug-likeness (QED) is 0.846. The fraction of sp³-hybridized carbons (Fsp3) is 0.333. The highest BCUT2D eigenvalue weighted by Crippen LogP contribution is 2.39. The van der Waals surface area contributed by atoms with Crippen LogP contribution in [0.15, 0.2) is 12.1 Å². The van der Waals surface area contributed by atoms with Gasteiger partial charge in [-0.25, -0.2) is 0 Å². The van der Waals surface area contributed by atoms with Gasteiger partial charge in [-0.1, -0.05) is 0 Å². The van der Waals surface area contributed by atoms with Gasteiger partial charge >= 0.3 is 6.18 Å². The summed E-state index contributed by atoms with van der Waals surface area (Å²) in [6, 6.07) is 2.72. The Morgan fingerprint density at radius 2 is 2.00 bits per heavy atom. The minimum absolute atomic E-state index is 0.0971. The Labute approximate surface area is 98.7 Å². The van der Waals surface area contributed by atoms with Crippen LogP contribution in [0.5, 0.6) is 5.75 Å². The molecule has 0 aliphatic rings. The molecule has 0 spiro atoms. The fourth-order valence-corrected chi connectivity index (χ4v) is 2.16. The zero-order valence-electron chi connectivity index (χ0n) is 7.86. The second kappa shape index (κ2) is 4.56. The smallest absolute Gasteiger partial charge is 0.420 e. The minimum atomic E-state index is -4.41. The molecule has 1 aromatic rings. The summed E-state index contributed by atoms with van der Waals surface area (Å²) in [7, 11) is 1.21. The predicted octanol–water partition coefficient (Wildman–Crippen LogP) is 2.78. The van der Waals surface area contributed by atoms with Crippen LogP contribution in [0.2, 0.25) is 0 Å². The van der Waals surface area contributed by atoms with Crippen LogP contribution < -0.4 is 10.5 Å². The van der Waals surface area contributed by atoms with E-state index in [1.54, 1.807) is 22.6 Å². The van der Waals surface area contributed by atoms with Crippen molar-refractivity contribution >= 4 is 22.6 Å². The number of ether oxygens (including phenoxy) is 1. The number of rotatable bonds is 2. The third-order valence-electron chi connectivity index (χ3n) is 1.85. The monoisotopic (exact) mass is 331 g/mol. The Morgan fingerprint density at radius 1 is 1.40 bits per heavy atom. The van der Waals surface area contributed by atoms with E-state index in [9.17, 15) is 13.2 Å². The van der Waals surface area contributed by atoms with Gasteiger partial charge in [0.1, 0.15) is 11.3 Å². The second-order valence-electron chi connectivity index (χ2n) is 2.86. The van der Waals surface area contributed by atoms with Crippen LogP contribution in [-0.2, 0) is 12.7 Å². The lowest BCUT2D eigenvalue weighted by Crippen LogP contribution is -2.11. The maximum absolute atomic E-state index is 12.6. The van der Waals surface area contributed by atoms with E-state index in [4.69, 9.17) is 10.5 Å². The van der Waals surface area contributed by atoms with E-state index in [-0.39, 0.29) is 15.9 Å². The lowest BCUT2D eigenvalue weighted by molar-refractivity contribution is -0.139. The van der Waals surface area contributed by atoms with Crippen LogP contribution in [0.1, 0.15) is 11.1 Å². The molecule has 0 amide bonds. The molecule has 0 fully saturated rings. The van der Waals surface area contributed by atoms with Gasteiger partial charge in [-0.2, -0.15) is 13.2 Å². The SMILES string of the molecule is COc1cc(CN)cc(I)c1C(F)(F)F. The van der Waals surface area contributed by atoms with Crippen molar-refractivity contribution in [3.05, 3.63) is 26.8 Å². The highest BCUT2D eigenvalue weighted by molar-refractivity contribution is 14.1. The molecule has 1 aromatic carbocycles. The summed E-state index contributed by atoms with van der Waals surface area (Å²) >= 11 is 1.63. The molecule has 0 radical (unpaired) electrons. The zero-order valence-corrected chi connectivity index (χ0v) is 10.0. The van der Waals surface area contributed by atoms with Crippen LogP contribution >= 0.6 is 22.6 Å². The molecule has 6 heteroatoms. The molecule has 0 aliphatic carbocycles. The third kappa shape index (κ3) is 2.75. The van der Waals surface area contributed by atoms with Crippen LogP contribution in [0.4, 0.5) is 13.2 Å². The van der Waals surface area contributed by atoms with Crippen molar-refractivity contribution in [2.45, 2.75) is 12.7 Å². The number of benzene rings is 1. The molecule has 0 saturated heterocycles. The molecular formula is C9H9F3INO. The van der Waals surface area contributed by atoms with Gasteiger partial charge in [-0.05, 0) is 40.3 Å². The van der Waals surface area contributed by atoms with Crippen molar-refractivity contribution < 1.29 is 17.9 Å². The number of halogens is 4. The summed E-state index contributed by atoms with van der Waals surface area (Å²) in [6.45, 7) is 0.185. The Bertz CT molecular complexity index is 365. The van der Waals surface area contributed by atoms with Crippen molar-refractivity contribution in [1.82, 2.24) is 0 Å². The van der Waals surface area contributed by atoms with E-state index in [0.717, 1.165) is 0 Å². The van der Waals surface area contributed by atoms with E-state index < -0.39 is 11.7 Å². The van der Waals surface area contributed by atoms with Crippen LogP contribution in [0, 0.1) is 3.57 Å². The summed E-state index contributed by atoms with van der Waals surface area (Å²) in [6.07, 6.45) is -4.41. The van der Waals surface area contributed by atoms with E-state index >= 15 is 0 Å². The molecule has 0 atom stereocenters. The number of hydrogen-bond acceptors (Lipinski definition) is 2. The van der Waals surface area contributed by atoms with E-state index in [1.165, 1.54) is 19.2 Å². The fourth-order valence-electron chi connectivity index (χ4n) is 1.19. The molecule has 1 rings (SSSR count). The molecule has 0 unspecified atom stereocenters. The average molecular weight is 331 g/mol. The predicted molar refractivity (Wildman–Crippen MR) is 58.6 cm³/mol. The third-order valence-corrected chi connectivity index (χ3v) is 2.70. The van der Waals surface area contributed by atoms with Gasteiger partial charge in [0.15, 0.2) is 0 Å². The van der Waals surface area contributed by atoms with Crippen LogP contribution in [0.25, 0.3) is 0 Å². The number of alkyl halides is 3. The maximum Gasteiger partial charge on any atom is 0.420 e. The summed E-state index contributed by atoms with van der Waals surface area (Å²) in [5.74, 6) is -0.185. The molecule has 84 valence electrons. The molecule has 2 nitrogen and oxygen atoms in total. The molecule has 15 heavy (non-hydrogen) atoms. The summed E-state index contributed by atoms with van der Waals surface area (Å²) < 4.78 is 42.7. The van der Waals surface area contributed by atoms with Crippen LogP contribution in [-0.4, -0.2) is 7.11 Å². The summed E-state index contributed by atoms with van der Waals surface area (Å²) in [5, 5.41) is 0. The van der Waals surface area contributed by atoms with Gasteiger partial charge in [0.05, 0.1) is 7.11 Å². The minimum Gasteiger partial charge on any atom is -0.496 e.